The van der Waals surface area contributed by atoms with Crippen LogP contribution in [0.25, 0.3) is 0 Å². The number of nitrogens with zero attached hydrogens (tertiary/aromatic N) is 1. The predicted octanol–water partition coefficient (Wildman–Crippen LogP) is 4.53. The monoisotopic (exact) mass is 546 g/mol. The molecule has 0 saturated carbocycles. The van der Waals surface area contributed by atoms with Crippen LogP contribution in [-0.2, 0) is 38.5 Å². The van der Waals surface area contributed by atoms with Crippen LogP contribution in [0.4, 0.5) is 0 Å². The molecular formula is C33H42N2O5. The molecule has 7 nitrogen and oxygen atoms in total. The first-order chi connectivity index (χ1) is 19.4. The number of carbonyl (C=O) groups excluding carboxylic acids is 3. The Balaban J connectivity index is 1.65. The van der Waals surface area contributed by atoms with Gasteiger partial charge in [0, 0.05) is 19.4 Å². The van der Waals surface area contributed by atoms with E-state index >= 15 is 0 Å². The van der Waals surface area contributed by atoms with E-state index in [2.05, 4.69) is 18.5 Å². The zero-order valence-corrected chi connectivity index (χ0v) is 23.3. The summed E-state index contributed by atoms with van der Waals surface area (Å²) in [5.74, 6) is -1.39. The van der Waals surface area contributed by atoms with Crippen molar-refractivity contribution in [3.8, 4) is 0 Å². The topological polar surface area (TPSA) is 95.9 Å². The molecule has 1 heterocycles. The van der Waals surface area contributed by atoms with Gasteiger partial charge in [-0.1, -0.05) is 66.7 Å². The second kappa shape index (κ2) is 16.4. The third-order valence-electron chi connectivity index (χ3n) is 7.29. The first kappa shape index (κ1) is 30.8. The lowest BCUT2D eigenvalue weighted by atomic mass is 9.92. The fraction of sp³-hybridized carbons (Fsp3) is 0.424. The van der Waals surface area contributed by atoms with E-state index in [-0.39, 0.29) is 43.5 Å². The number of allylic oxidation sites excluding steroid dienone is 2. The number of aliphatic hydroxyl groups is 1. The number of aliphatic hydroxyl groups excluding tert-OH is 1. The fourth-order valence-electron chi connectivity index (χ4n) is 5.05. The van der Waals surface area contributed by atoms with Gasteiger partial charge >= 0.3 is 5.97 Å². The van der Waals surface area contributed by atoms with E-state index in [1.165, 1.54) is 0 Å². The largest absolute Gasteiger partial charge is 0.463 e. The van der Waals surface area contributed by atoms with E-state index in [1.807, 2.05) is 60.7 Å². The van der Waals surface area contributed by atoms with Crippen LogP contribution >= 0.6 is 0 Å². The molecule has 3 rings (SSSR count). The van der Waals surface area contributed by atoms with Gasteiger partial charge in [0.2, 0.25) is 11.8 Å². The van der Waals surface area contributed by atoms with E-state index in [4.69, 9.17) is 4.74 Å². The van der Waals surface area contributed by atoms with E-state index in [0.29, 0.717) is 32.2 Å². The Morgan fingerprint density at radius 2 is 1.75 bits per heavy atom. The molecule has 0 bridgehead atoms. The minimum atomic E-state index is -0.630. The van der Waals surface area contributed by atoms with Gasteiger partial charge in [0.05, 0.1) is 24.6 Å². The molecule has 1 aliphatic rings. The van der Waals surface area contributed by atoms with E-state index in [1.54, 1.807) is 11.0 Å². The number of ether oxygens (including phenoxy) is 1. The molecule has 214 valence electrons. The van der Waals surface area contributed by atoms with Crippen molar-refractivity contribution in [2.75, 3.05) is 13.2 Å². The van der Waals surface area contributed by atoms with E-state index < -0.39 is 12.0 Å². The van der Waals surface area contributed by atoms with Crippen LogP contribution in [0.2, 0.25) is 0 Å². The van der Waals surface area contributed by atoms with Gasteiger partial charge in [0.1, 0.15) is 6.61 Å². The van der Waals surface area contributed by atoms with Crippen molar-refractivity contribution in [2.24, 2.45) is 5.92 Å². The van der Waals surface area contributed by atoms with Crippen LogP contribution in [0.1, 0.15) is 55.2 Å². The molecule has 0 radical (unpaired) electrons. The quantitative estimate of drug-likeness (QED) is 0.183. The maximum Gasteiger partial charge on any atom is 0.305 e. The summed E-state index contributed by atoms with van der Waals surface area (Å²) >= 11 is 0. The molecule has 1 aliphatic heterocycles. The Morgan fingerprint density at radius 1 is 1.02 bits per heavy atom. The molecule has 0 spiro atoms. The number of rotatable bonds is 16. The minimum absolute atomic E-state index is 0.00231. The van der Waals surface area contributed by atoms with Crippen molar-refractivity contribution >= 4 is 17.8 Å². The van der Waals surface area contributed by atoms with Crippen molar-refractivity contribution < 1.29 is 24.2 Å². The van der Waals surface area contributed by atoms with Gasteiger partial charge in [-0.15, -0.1) is 13.2 Å². The number of esters is 1. The lowest BCUT2D eigenvalue weighted by molar-refractivity contribution is -0.145. The summed E-state index contributed by atoms with van der Waals surface area (Å²) in [5, 5.41) is 13.0. The van der Waals surface area contributed by atoms with Crippen molar-refractivity contribution in [1.29, 1.82) is 0 Å². The number of carbonyl (C=O) groups is 3. The average molecular weight is 547 g/mol. The Bertz CT molecular complexity index is 1130. The molecule has 3 atom stereocenters. The summed E-state index contributed by atoms with van der Waals surface area (Å²) in [6.07, 6.45) is 7.63. The maximum absolute atomic E-state index is 13.5. The standard InChI is InChI=1S/C33H42N2O5/c1-3-5-6-10-18-32(38)40-24-29(19-25-14-8-7-9-15-25)34-33(39)27(13-4-2)21-31(37)35-22-28-17-12-11-16-26(28)20-30(35)23-36/h3-4,7-9,11-12,14-17,27,29-30,36H,1-2,5-6,10,13,18-24H2,(H,34,39). The zero-order valence-electron chi connectivity index (χ0n) is 23.3. The Labute approximate surface area is 237 Å². The second-order valence-corrected chi connectivity index (χ2v) is 10.4. The molecule has 7 heteroatoms. The van der Waals surface area contributed by atoms with Crippen LogP contribution in [0, 0.1) is 5.92 Å². The van der Waals surface area contributed by atoms with E-state index in [0.717, 1.165) is 36.0 Å². The summed E-state index contributed by atoms with van der Waals surface area (Å²) in [6.45, 7) is 7.80. The summed E-state index contributed by atoms with van der Waals surface area (Å²) < 4.78 is 5.53. The van der Waals surface area contributed by atoms with Gasteiger partial charge in [0.15, 0.2) is 0 Å². The summed E-state index contributed by atoms with van der Waals surface area (Å²) in [4.78, 5) is 40.9. The Kier molecular flexibility index (Phi) is 12.6. The third-order valence-corrected chi connectivity index (χ3v) is 7.29. The van der Waals surface area contributed by atoms with Crippen molar-refractivity contribution in [1.82, 2.24) is 10.2 Å². The third kappa shape index (κ3) is 9.49. The Morgan fingerprint density at radius 3 is 2.45 bits per heavy atom. The molecule has 0 aromatic heterocycles. The van der Waals surface area contributed by atoms with Gasteiger partial charge in [-0.2, -0.15) is 0 Å². The minimum Gasteiger partial charge on any atom is -0.463 e. The number of nitrogens with one attached hydrogen (secondary N) is 1. The lowest BCUT2D eigenvalue weighted by Gasteiger charge is -2.36. The maximum atomic E-state index is 13.5. The fourth-order valence-corrected chi connectivity index (χ4v) is 5.05. The second-order valence-electron chi connectivity index (χ2n) is 10.4. The molecule has 2 aromatic rings. The average Bonchev–Trinajstić information content (AvgIpc) is 2.97. The van der Waals surface area contributed by atoms with Crippen LogP contribution in [0.5, 0.6) is 0 Å². The first-order valence-corrected chi connectivity index (χ1v) is 14.1. The van der Waals surface area contributed by atoms with Gasteiger partial charge in [-0.25, -0.2) is 0 Å². The Hall–Kier alpha value is -3.71. The van der Waals surface area contributed by atoms with Crippen LogP contribution in [0.3, 0.4) is 0 Å². The number of benzene rings is 2. The normalized spacial score (nSPS) is 15.8. The highest BCUT2D eigenvalue weighted by atomic mass is 16.5. The SMILES string of the molecule is C=CCCCCC(=O)OCC(Cc1ccccc1)NC(=O)C(CC=C)CC(=O)N1Cc2ccccc2CC1CO. The predicted molar refractivity (Wildman–Crippen MR) is 156 cm³/mol. The smallest absolute Gasteiger partial charge is 0.305 e. The van der Waals surface area contributed by atoms with Gasteiger partial charge in [-0.3, -0.25) is 14.4 Å². The van der Waals surface area contributed by atoms with Crippen molar-refractivity contribution in [3.05, 3.63) is 96.6 Å². The van der Waals surface area contributed by atoms with E-state index in [9.17, 15) is 19.5 Å². The molecule has 2 aromatic carbocycles. The number of hydrogen-bond acceptors (Lipinski definition) is 5. The number of hydrogen-bond donors (Lipinski definition) is 2. The molecule has 2 N–H and O–H groups in total. The zero-order chi connectivity index (χ0) is 28.7. The molecule has 3 unspecified atom stereocenters. The molecule has 0 aliphatic carbocycles. The number of amides is 2. The molecule has 2 amide bonds. The van der Waals surface area contributed by atoms with Gasteiger partial charge in [-0.05, 0) is 55.2 Å². The summed E-state index contributed by atoms with van der Waals surface area (Å²) in [5.41, 5.74) is 3.19. The number of fused-ring (bicyclic) bond motifs is 1. The molecular weight excluding hydrogens is 504 g/mol. The van der Waals surface area contributed by atoms with Crippen LogP contribution in [0.15, 0.2) is 79.9 Å². The number of unbranched alkanes of at least 4 members (excludes halogenated alkanes) is 2. The first-order valence-electron chi connectivity index (χ1n) is 14.1. The van der Waals surface area contributed by atoms with Crippen LogP contribution < -0.4 is 5.32 Å². The molecule has 0 saturated heterocycles. The summed E-state index contributed by atoms with van der Waals surface area (Å²) in [6, 6.07) is 16.8. The van der Waals surface area contributed by atoms with Crippen molar-refractivity contribution in [3.63, 3.8) is 0 Å². The van der Waals surface area contributed by atoms with Crippen LogP contribution in [-0.4, -0.2) is 53.1 Å². The molecule has 0 fully saturated rings. The van der Waals surface area contributed by atoms with Gasteiger partial charge in [0.25, 0.3) is 0 Å². The highest BCUT2D eigenvalue weighted by molar-refractivity contribution is 5.86. The van der Waals surface area contributed by atoms with Gasteiger partial charge < -0.3 is 20.1 Å². The lowest BCUT2D eigenvalue weighted by Crippen LogP contribution is -2.48. The summed E-state index contributed by atoms with van der Waals surface area (Å²) in [7, 11) is 0. The highest BCUT2D eigenvalue weighted by Gasteiger charge is 2.32. The molecule has 40 heavy (non-hydrogen) atoms. The van der Waals surface area contributed by atoms with Crippen molar-refractivity contribution in [2.45, 2.75) is 70.0 Å². The highest BCUT2D eigenvalue weighted by Crippen LogP contribution is 2.25.